The summed E-state index contributed by atoms with van der Waals surface area (Å²) in [6, 6.07) is 0. The maximum atomic E-state index is 14.2. The van der Waals surface area contributed by atoms with E-state index in [9.17, 15) is 19.5 Å². The molecule has 1 aliphatic heterocycles. The van der Waals surface area contributed by atoms with Crippen LogP contribution in [0.2, 0.25) is 0 Å². The molecule has 3 saturated carbocycles. The van der Waals surface area contributed by atoms with E-state index in [2.05, 4.69) is 19.9 Å². The predicted octanol–water partition coefficient (Wildman–Crippen LogP) is 4.70. The topological polar surface area (TPSA) is 99.1 Å². The van der Waals surface area contributed by atoms with Crippen LogP contribution in [-0.4, -0.2) is 53.3 Å². The summed E-state index contributed by atoms with van der Waals surface area (Å²) in [4.78, 5) is 38.8. The number of aliphatic hydroxyl groups is 1. The number of esters is 1. The highest BCUT2D eigenvalue weighted by atomic mass is 16.7. The number of aliphatic hydroxyl groups excluding tert-OH is 1. The molecule has 4 fully saturated rings. The van der Waals surface area contributed by atoms with E-state index in [1.165, 1.54) is 6.42 Å². The fourth-order valence-electron chi connectivity index (χ4n) is 9.53. The monoisotopic (exact) mass is 540 g/mol. The zero-order chi connectivity index (χ0) is 27.7. The van der Waals surface area contributed by atoms with Gasteiger partial charge in [-0.15, -0.1) is 0 Å². The number of allylic oxidation sites excluding steroid dienone is 4. The lowest BCUT2D eigenvalue weighted by Crippen LogP contribution is -2.63. The largest absolute Gasteiger partial charge is 0.457 e. The Morgan fingerprint density at radius 2 is 1.92 bits per heavy atom. The fourth-order valence-corrected chi connectivity index (χ4v) is 9.53. The van der Waals surface area contributed by atoms with Crippen molar-refractivity contribution in [2.24, 2.45) is 40.4 Å². The molecule has 7 nitrogen and oxygen atoms in total. The van der Waals surface area contributed by atoms with Gasteiger partial charge < -0.3 is 19.3 Å². The maximum absolute atomic E-state index is 14.2. The van der Waals surface area contributed by atoms with Gasteiger partial charge in [0.15, 0.2) is 24.3 Å². The summed E-state index contributed by atoms with van der Waals surface area (Å²) < 4.78 is 19.0. The Labute approximate surface area is 231 Å². The lowest BCUT2D eigenvalue weighted by atomic mass is 9.47. The second kappa shape index (κ2) is 9.63. The molecule has 7 heteroatoms. The van der Waals surface area contributed by atoms with Crippen molar-refractivity contribution in [3.8, 4) is 0 Å². The number of hydrogen-bond acceptors (Lipinski definition) is 7. The highest BCUT2D eigenvalue weighted by Crippen LogP contribution is 2.69. The number of ketones is 2. The summed E-state index contributed by atoms with van der Waals surface area (Å²) in [6.07, 6.45) is 12.1. The lowest BCUT2D eigenvalue weighted by molar-refractivity contribution is -0.208. The first-order valence-electron chi connectivity index (χ1n) is 15.1. The van der Waals surface area contributed by atoms with Gasteiger partial charge in [0.05, 0.1) is 18.1 Å². The Bertz CT molecular complexity index is 1100. The molecule has 3 unspecified atom stereocenters. The standard InChI is InChI=1S/C32H44O7/c1-18(2)28(36)37-17-25(35)32-26(38-29(39-32)19-8-6-5-7-9-19)15-23-22-11-10-20-14-21(33)12-13-30(20,3)27(22)24(34)16-31(23,32)4/h10,12-13,18-19,22-24,26-27,29,34H,5-9,11,14-17H2,1-4H3/t22?,23?,24-,26+,27?,29-,30-,31-,32+/m0/s1. The maximum Gasteiger partial charge on any atom is 0.308 e. The number of ether oxygens (including phenoxy) is 3. The molecule has 0 aromatic rings. The van der Waals surface area contributed by atoms with Crippen molar-refractivity contribution in [1.29, 1.82) is 0 Å². The van der Waals surface area contributed by atoms with Gasteiger partial charge in [-0.1, -0.05) is 64.7 Å². The van der Waals surface area contributed by atoms with Crippen LogP contribution in [0.5, 0.6) is 0 Å². The minimum Gasteiger partial charge on any atom is -0.457 e. The van der Waals surface area contributed by atoms with Crippen LogP contribution in [0.15, 0.2) is 23.8 Å². The first-order valence-corrected chi connectivity index (χ1v) is 15.1. The third kappa shape index (κ3) is 3.97. The first kappa shape index (κ1) is 27.3. The Hall–Kier alpha value is -1.83. The van der Waals surface area contributed by atoms with E-state index in [4.69, 9.17) is 14.2 Å². The SMILES string of the molecule is CC(C)C(=O)OCC(=O)[C@@]12O[C@@H](C3CCCCC3)O[C@@H]1CC1C3CC=C4CC(=O)C=C[C@]4(C)C3[C@@H](O)C[C@@]12C. The van der Waals surface area contributed by atoms with Gasteiger partial charge in [0, 0.05) is 29.1 Å². The summed E-state index contributed by atoms with van der Waals surface area (Å²) >= 11 is 0. The molecule has 0 spiro atoms. The Balaban J connectivity index is 1.36. The van der Waals surface area contributed by atoms with Crippen molar-refractivity contribution in [1.82, 2.24) is 0 Å². The van der Waals surface area contributed by atoms with Gasteiger partial charge in [-0.3, -0.25) is 14.4 Å². The number of Topliss-reactive ketones (excluding diaryl/α,β-unsaturated/α-hetero) is 1. The minimum atomic E-state index is -1.26. The van der Waals surface area contributed by atoms with Crippen molar-refractivity contribution < 1.29 is 33.7 Å². The molecule has 1 saturated heterocycles. The van der Waals surface area contributed by atoms with E-state index < -0.39 is 35.5 Å². The van der Waals surface area contributed by atoms with Crippen LogP contribution in [-0.2, 0) is 28.6 Å². The van der Waals surface area contributed by atoms with E-state index in [0.29, 0.717) is 19.3 Å². The minimum absolute atomic E-state index is 0.0428. The average Bonchev–Trinajstić information content (AvgIpc) is 3.41. The molecule has 0 amide bonds. The molecule has 6 aliphatic rings. The molecule has 1 heterocycles. The highest BCUT2D eigenvalue weighted by Gasteiger charge is 2.76. The molecule has 39 heavy (non-hydrogen) atoms. The summed E-state index contributed by atoms with van der Waals surface area (Å²) in [6.45, 7) is 7.43. The van der Waals surface area contributed by atoms with Gasteiger partial charge in [0.25, 0.3) is 0 Å². The second-order valence-electron chi connectivity index (χ2n) is 13.9. The summed E-state index contributed by atoms with van der Waals surface area (Å²) in [7, 11) is 0. The number of rotatable bonds is 5. The molecule has 5 aliphatic carbocycles. The van der Waals surface area contributed by atoms with E-state index in [0.717, 1.165) is 37.7 Å². The van der Waals surface area contributed by atoms with Crippen LogP contribution in [0.1, 0.15) is 85.5 Å². The fraction of sp³-hybridized carbons (Fsp3) is 0.781. The Morgan fingerprint density at radius 1 is 1.18 bits per heavy atom. The van der Waals surface area contributed by atoms with Crippen molar-refractivity contribution >= 4 is 17.5 Å². The molecule has 0 aromatic heterocycles. The van der Waals surface area contributed by atoms with E-state index in [-0.39, 0.29) is 53.2 Å². The number of carbonyl (C=O) groups excluding carboxylic acids is 3. The summed E-state index contributed by atoms with van der Waals surface area (Å²) in [5.74, 6) is -0.439. The summed E-state index contributed by atoms with van der Waals surface area (Å²) in [5, 5.41) is 11.9. The molecule has 9 atom stereocenters. The Morgan fingerprint density at radius 3 is 2.64 bits per heavy atom. The smallest absolute Gasteiger partial charge is 0.308 e. The average molecular weight is 541 g/mol. The van der Waals surface area contributed by atoms with Crippen LogP contribution in [0.25, 0.3) is 0 Å². The number of carbonyl (C=O) groups is 3. The van der Waals surface area contributed by atoms with Gasteiger partial charge in [-0.2, -0.15) is 0 Å². The lowest BCUT2D eigenvalue weighted by Gasteiger charge is -2.59. The normalized spacial score (nSPS) is 45.3. The van der Waals surface area contributed by atoms with Crippen LogP contribution in [0.3, 0.4) is 0 Å². The first-order chi connectivity index (χ1) is 18.5. The Kier molecular flexibility index (Phi) is 6.75. The molecular weight excluding hydrogens is 496 g/mol. The van der Waals surface area contributed by atoms with Crippen molar-refractivity contribution in [3.05, 3.63) is 23.8 Å². The molecule has 0 radical (unpaired) electrons. The van der Waals surface area contributed by atoms with Crippen molar-refractivity contribution in [3.63, 3.8) is 0 Å². The zero-order valence-electron chi connectivity index (χ0n) is 23.8. The predicted molar refractivity (Wildman–Crippen MR) is 143 cm³/mol. The second-order valence-corrected chi connectivity index (χ2v) is 13.9. The molecule has 0 bridgehead atoms. The van der Waals surface area contributed by atoms with Gasteiger partial charge >= 0.3 is 5.97 Å². The molecule has 6 rings (SSSR count). The van der Waals surface area contributed by atoms with Crippen LogP contribution >= 0.6 is 0 Å². The van der Waals surface area contributed by atoms with E-state index in [1.807, 2.05) is 6.08 Å². The van der Waals surface area contributed by atoms with Crippen molar-refractivity contribution in [2.75, 3.05) is 6.61 Å². The van der Waals surface area contributed by atoms with Gasteiger partial charge in [-0.05, 0) is 50.0 Å². The molecular formula is C32H44O7. The number of fused-ring (bicyclic) bond motifs is 7. The van der Waals surface area contributed by atoms with Crippen LogP contribution in [0, 0.1) is 40.4 Å². The molecule has 214 valence electrons. The summed E-state index contributed by atoms with van der Waals surface area (Å²) in [5.41, 5.74) is -1.20. The molecule has 0 aromatic carbocycles. The van der Waals surface area contributed by atoms with Gasteiger partial charge in [0.2, 0.25) is 5.78 Å². The number of hydrogen-bond donors (Lipinski definition) is 1. The highest BCUT2D eigenvalue weighted by molar-refractivity contribution is 5.94. The third-order valence-corrected chi connectivity index (χ3v) is 11.5. The molecule has 1 N–H and O–H groups in total. The quantitative estimate of drug-likeness (QED) is 0.398. The van der Waals surface area contributed by atoms with Crippen molar-refractivity contribution in [2.45, 2.75) is 110 Å². The van der Waals surface area contributed by atoms with Gasteiger partial charge in [0.1, 0.15) is 0 Å². The third-order valence-electron chi connectivity index (χ3n) is 11.5. The van der Waals surface area contributed by atoms with E-state index in [1.54, 1.807) is 19.9 Å². The van der Waals surface area contributed by atoms with Gasteiger partial charge in [-0.25, -0.2) is 0 Å². The zero-order valence-corrected chi connectivity index (χ0v) is 23.8. The van der Waals surface area contributed by atoms with Crippen LogP contribution in [0.4, 0.5) is 0 Å². The van der Waals surface area contributed by atoms with E-state index >= 15 is 0 Å². The van der Waals surface area contributed by atoms with Crippen LogP contribution < -0.4 is 0 Å².